The molecule has 0 spiro atoms. The molecule has 0 aromatic carbocycles. The quantitative estimate of drug-likeness (QED) is 0.0413. The SMILES string of the molecule is COCCOCCOCCO[C@H]1OC(CCO)[C@@H](CO)[C@H](CO)C1O[C@H]1OC(COC)[C@@H](CO)[C@H](O[C@H]2OC(CCO)[C@@H](CO)[C@H](CO)C2OC)C1OC. The topological polar surface area (TPSA) is 252 Å². The van der Waals surface area contributed by atoms with Gasteiger partial charge in [0.25, 0.3) is 0 Å². The van der Waals surface area contributed by atoms with Gasteiger partial charge in [-0.3, -0.25) is 0 Å². The van der Waals surface area contributed by atoms with E-state index in [0.29, 0.717) is 26.4 Å². The maximum Gasteiger partial charge on any atom is 0.187 e. The summed E-state index contributed by atoms with van der Waals surface area (Å²) in [5, 5.41) is 71.9. The van der Waals surface area contributed by atoms with Crippen LogP contribution in [0.1, 0.15) is 12.8 Å². The smallest absolute Gasteiger partial charge is 0.187 e. The van der Waals surface area contributed by atoms with Gasteiger partial charge < -0.3 is 92.6 Å². The van der Waals surface area contributed by atoms with Crippen LogP contribution in [0.2, 0.25) is 0 Å². The summed E-state index contributed by atoms with van der Waals surface area (Å²) >= 11 is 0. The Balaban J connectivity index is 1.90. The molecule has 54 heavy (non-hydrogen) atoms. The molecule has 6 unspecified atom stereocenters. The Morgan fingerprint density at radius 2 is 0.889 bits per heavy atom. The molecule has 19 nitrogen and oxygen atoms in total. The van der Waals surface area contributed by atoms with Crippen molar-refractivity contribution in [2.75, 3.05) is 121 Å². The summed E-state index contributed by atoms with van der Waals surface area (Å²) in [6.45, 7) is -0.587. The van der Waals surface area contributed by atoms with Crippen molar-refractivity contribution in [3.63, 3.8) is 0 Å². The first-order valence-corrected chi connectivity index (χ1v) is 18.7. The van der Waals surface area contributed by atoms with E-state index >= 15 is 0 Å². The zero-order chi connectivity index (χ0) is 39.5. The maximum absolute atomic E-state index is 10.7. The molecule has 0 radical (unpaired) electrons. The summed E-state index contributed by atoms with van der Waals surface area (Å²) in [5.41, 5.74) is 0. The Bertz CT molecular complexity index is 954. The fourth-order valence-corrected chi connectivity index (χ4v) is 7.68. The molecule has 19 heteroatoms. The second kappa shape index (κ2) is 26.3. The minimum absolute atomic E-state index is 0.00842. The first kappa shape index (κ1) is 47.6. The van der Waals surface area contributed by atoms with Gasteiger partial charge in [-0.1, -0.05) is 0 Å². The molecule has 3 aliphatic rings. The number of hydrogen-bond acceptors (Lipinski definition) is 19. The van der Waals surface area contributed by atoms with E-state index in [0.717, 1.165) is 0 Å². The molecule has 3 aliphatic heterocycles. The van der Waals surface area contributed by atoms with Crippen LogP contribution in [0.5, 0.6) is 0 Å². The Hall–Kier alpha value is -0.760. The molecule has 7 N–H and O–H groups in total. The van der Waals surface area contributed by atoms with E-state index in [9.17, 15) is 35.7 Å². The van der Waals surface area contributed by atoms with Crippen molar-refractivity contribution in [1.82, 2.24) is 0 Å². The van der Waals surface area contributed by atoms with E-state index in [1.165, 1.54) is 21.3 Å². The zero-order valence-corrected chi connectivity index (χ0v) is 32.0. The number of ether oxygens (including phenoxy) is 12. The lowest BCUT2D eigenvalue weighted by molar-refractivity contribution is -0.380. The predicted octanol–water partition coefficient (Wildman–Crippen LogP) is -2.89. The lowest BCUT2D eigenvalue weighted by Crippen LogP contribution is -2.64. The molecule has 3 heterocycles. The Morgan fingerprint density at radius 3 is 1.39 bits per heavy atom. The van der Waals surface area contributed by atoms with E-state index in [1.807, 2.05) is 0 Å². The molecular formula is C35H66O19. The molecule has 0 amide bonds. The van der Waals surface area contributed by atoms with Crippen molar-refractivity contribution in [3.8, 4) is 0 Å². The van der Waals surface area contributed by atoms with E-state index in [1.54, 1.807) is 7.11 Å². The molecule has 3 rings (SSSR count). The van der Waals surface area contributed by atoms with Crippen LogP contribution >= 0.6 is 0 Å². The van der Waals surface area contributed by atoms with Crippen LogP contribution < -0.4 is 0 Å². The van der Waals surface area contributed by atoms with Gasteiger partial charge in [-0.2, -0.15) is 0 Å². The van der Waals surface area contributed by atoms with Crippen LogP contribution in [0.25, 0.3) is 0 Å². The number of rotatable bonds is 27. The van der Waals surface area contributed by atoms with Gasteiger partial charge in [0.1, 0.15) is 18.3 Å². The first-order valence-electron chi connectivity index (χ1n) is 18.7. The molecule has 0 bridgehead atoms. The molecule has 3 saturated heterocycles. The first-order chi connectivity index (χ1) is 26.4. The summed E-state index contributed by atoms with van der Waals surface area (Å²) in [5.74, 6) is -3.34. The van der Waals surface area contributed by atoms with Crippen LogP contribution in [0.4, 0.5) is 0 Å². The fraction of sp³-hybridized carbons (Fsp3) is 1.00. The van der Waals surface area contributed by atoms with Gasteiger partial charge in [-0.05, 0) is 12.8 Å². The van der Waals surface area contributed by atoms with Crippen LogP contribution in [0.3, 0.4) is 0 Å². The standard InChI is InChI=1S/C35H66O19/c1-43-9-10-47-11-12-48-13-14-49-33-31(24(18-41)22(16-39)26(50-33)5-7-36)54-35-32(46-4)29(25(19-42)28(52-35)20-44-2)53-34-30(45-3)23(17-40)21(15-38)27(51-34)6-8-37/h21-42H,5-20H2,1-4H3/t21-,22-,23-,24-,25+,26?,27?,28?,29-,30?,31?,32?,33-,34+,35+/m0/s1. The largest absolute Gasteiger partial charge is 0.396 e. The van der Waals surface area contributed by atoms with Crippen molar-refractivity contribution in [1.29, 1.82) is 0 Å². The van der Waals surface area contributed by atoms with Gasteiger partial charge in [0.05, 0.1) is 77.3 Å². The monoisotopic (exact) mass is 790 g/mol. The van der Waals surface area contributed by atoms with Crippen molar-refractivity contribution < 1.29 is 92.6 Å². The van der Waals surface area contributed by atoms with Gasteiger partial charge >= 0.3 is 0 Å². The molecule has 320 valence electrons. The van der Waals surface area contributed by atoms with Crippen LogP contribution in [0, 0.1) is 29.6 Å². The summed E-state index contributed by atoms with van der Waals surface area (Å²) in [7, 11) is 5.90. The summed E-state index contributed by atoms with van der Waals surface area (Å²) in [6.07, 6.45) is -9.34. The lowest BCUT2D eigenvalue weighted by atomic mass is 9.80. The summed E-state index contributed by atoms with van der Waals surface area (Å²) < 4.78 is 71.5. The van der Waals surface area contributed by atoms with Gasteiger partial charge in [-0.25, -0.2) is 0 Å². The molecule has 15 atom stereocenters. The van der Waals surface area contributed by atoms with E-state index in [4.69, 9.17) is 56.8 Å². The zero-order valence-electron chi connectivity index (χ0n) is 32.0. The number of methoxy groups -OCH3 is 4. The highest BCUT2D eigenvalue weighted by molar-refractivity contribution is 4.97. The fourth-order valence-electron chi connectivity index (χ4n) is 7.68. The van der Waals surface area contributed by atoms with Crippen molar-refractivity contribution >= 4 is 0 Å². The lowest BCUT2D eigenvalue weighted by Gasteiger charge is -2.51. The van der Waals surface area contributed by atoms with Gasteiger partial charge in [-0.15, -0.1) is 0 Å². The van der Waals surface area contributed by atoms with E-state index in [2.05, 4.69) is 0 Å². The molecule has 3 fully saturated rings. The third-order valence-corrected chi connectivity index (χ3v) is 10.5. The summed E-state index contributed by atoms with van der Waals surface area (Å²) in [4.78, 5) is 0. The van der Waals surface area contributed by atoms with E-state index < -0.39 is 104 Å². The number of hydrogen-bond donors (Lipinski definition) is 7. The van der Waals surface area contributed by atoms with Crippen LogP contribution in [0.15, 0.2) is 0 Å². The minimum atomic E-state index is -1.25. The third-order valence-electron chi connectivity index (χ3n) is 10.5. The number of aliphatic hydroxyl groups is 7. The van der Waals surface area contributed by atoms with Crippen LogP contribution in [-0.2, 0) is 56.8 Å². The Kier molecular flexibility index (Phi) is 23.2. The highest BCUT2D eigenvalue weighted by Gasteiger charge is 2.55. The second-order valence-corrected chi connectivity index (χ2v) is 13.5. The molecule has 0 aliphatic carbocycles. The third kappa shape index (κ3) is 12.6. The van der Waals surface area contributed by atoms with Crippen molar-refractivity contribution in [2.45, 2.75) is 74.4 Å². The Labute approximate surface area is 317 Å². The van der Waals surface area contributed by atoms with Gasteiger partial charge in [0, 0.05) is 97.7 Å². The molecule has 0 aromatic rings. The minimum Gasteiger partial charge on any atom is -0.396 e. The van der Waals surface area contributed by atoms with Crippen LogP contribution in [-0.4, -0.2) is 218 Å². The molecular weight excluding hydrogens is 724 g/mol. The average Bonchev–Trinajstić information content (AvgIpc) is 3.17. The predicted molar refractivity (Wildman–Crippen MR) is 185 cm³/mol. The molecule has 0 aromatic heterocycles. The van der Waals surface area contributed by atoms with Crippen molar-refractivity contribution in [2.24, 2.45) is 29.6 Å². The molecule has 0 saturated carbocycles. The normalized spacial score (nSPS) is 37.5. The second-order valence-electron chi connectivity index (χ2n) is 13.5. The summed E-state index contributed by atoms with van der Waals surface area (Å²) in [6, 6.07) is 0. The van der Waals surface area contributed by atoms with Gasteiger partial charge in [0.2, 0.25) is 0 Å². The maximum atomic E-state index is 10.7. The van der Waals surface area contributed by atoms with E-state index in [-0.39, 0.29) is 65.7 Å². The van der Waals surface area contributed by atoms with Gasteiger partial charge in [0.15, 0.2) is 18.9 Å². The Morgan fingerprint density at radius 1 is 0.426 bits per heavy atom. The number of aliphatic hydroxyl groups excluding tert-OH is 7. The highest BCUT2D eigenvalue weighted by Crippen LogP contribution is 2.41. The van der Waals surface area contributed by atoms with Crippen molar-refractivity contribution in [3.05, 3.63) is 0 Å². The average molecular weight is 791 g/mol. The highest BCUT2D eigenvalue weighted by atomic mass is 16.8.